The number of hydrogen-bond donors (Lipinski definition) is 2. The third-order valence-electron chi connectivity index (χ3n) is 6.67. The number of H-pyrrole nitrogens is 1. The average Bonchev–Trinajstić information content (AvgIpc) is 3.27. The Morgan fingerprint density at radius 3 is 2.44 bits per heavy atom. The molecule has 0 bridgehead atoms. The summed E-state index contributed by atoms with van der Waals surface area (Å²) < 4.78 is 27.0. The van der Waals surface area contributed by atoms with Crippen LogP contribution >= 0.6 is 11.6 Å². The fourth-order valence-electron chi connectivity index (χ4n) is 4.57. The minimum atomic E-state index is -3.65. The summed E-state index contributed by atoms with van der Waals surface area (Å²) >= 11 is 6.66. The summed E-state index contributed by atoms with van der Waals surface area (Å²) in [7, 11) is -1.50. The minimum Gasteiger partial charge on any atom is -0.369 e. The van der Waals surface area contributed by atoms with E-state index in [4.69, 9.17) is 11.6 Å². The summed E-state index contributed by atoms with van der Waals surface area (Å²) in [6, 6.07) is 15.9. The first kappa shape index (κ1) is 24.4. The first-order chi connectivity index (χ1) is 17.3. The van der Waals surface area contributed by atoms with E-state index in [1.165, 1.54) is 5.69 Å². The second kappa shape index (κ2) is 9.61. The molecule has 1 fully saturated rings. The van der Waals surface area contributed by atoms with Crippen molar-refractivity contribution in [3.8, 4) is 22.4 Å². The van der Waals surface area contributed by atoms with Gasteiger partial charge in [-0.1, -0.05) is 42.4 Å². The maximum absolute atomic E-state index is 12.2. The van der Waals surface area contributed by atoms with E-state index in [2.05, 4.69) is 62.4 Å². The summed E-state index contributed by atoms with van der Waals surface area (Å²) in [4.78, 5) is 12.7. The van der Waals surface area contributed by atoms with Crippen molar-refractivity contribution in [3.05, 3.63) is 77.3 Å². The molecule has 1 aliphatic heterocycles. The van der Waals surface area contributed by atoms with Crippen molar-refractivity contribution in [2.45, 2.75) is 6.92 Å². The van der Waals surface area contributed by atoms with Gasteiger partial charge in [0.05, 0.1) is 16.4 Å². The van der Waals surface area contributed by atoms with Crippen molar-refractivity contribution in [2.24, 2.45) is 0 Å². The summed E-state index contributed by atoms with van der Waals surface area (Å²) in [6.07, 6.45) is 1.67. The number of sulfonamides is 1. The highest BCUT2D eigenvalue weighted by Crippen LogP contribution is 2.42. The number of aryl methyl sites for hydroxylation is 1. The number of aromatic nitrogens is 2. The fraction of sp³-hybridized carbons (Fsp3) is 0.222. The highest BCUT2D eigenvalue weighted by molar-refractivity contribution is 7.95. The Morgan fingerprint density at radius 1 is 1.06 bits per heavy atom. The van der Waals surface area contributed by atoms with Crippen molar-refractivity contribution in [3.63, 3.8) is 0 Å². The van der Waals surface area contributed by atoms with E-state index in [0.29, 0.717) is 16.4 Å². The molecular formula is C27H28ClN5O2S. The van der Waals surface area contributed by atoms with E-state index in [9.17, 15) is 8.42 Å². The van der Waals surface area contributed by atoms with Crippen molar-refractivity contribution in [2.75, 3.05) is 42.8 Å². The van der Waals surface area contributed by atoms with Crippen LogP contribution in [-0.2, 0) is 10.0 Å². The highest BCUT2D eigenvalue weighted by Gasteiger charge is 2.20. The van der Waals surface area contributed by atoms with Gasteiger partial charge in [-0.2, -0.15) is 0 Å². The second-order valence-electron chi connectivity index (χ2n) is 9.07. The van der Waals surface area contributed by atoms with Crippen LogP contribution < -0.4 is 9.62 Å². The molecule has 0 saturated carbocycles. The molecule has 0 spiro atoms. The predicted octanol–water partition coefficient (Wildman–Crippen LogP) is 5.50. The Labute approximate surface area is 216 Å². The van der Waals surface area contributed by atoms with Gasteiger partial charge in [-0.25, -0.2) is 13.4 Å². The van der Waals surface area contributed by atoms with Gasteiger partial charge in [-0.3, -0.25) is 4.72 Å². The number of nitrogens with one attached hydrogen (secondary N) is 2. The van der Waals surface area contributed by atoms with E-state index in [1.807, 2.05) is 25.1 Å². The standard InChI is InChI=1S/C27H28ClN5O2S/c1-4-36(34,35)31-23-17-20(6-5-18(23)2)24-25-22(28)11-12-29-27(25)30-26(24)19-7-9-21(10-8-19)33-15-13-32(3)14-16-33/h4-12,17,31H,1,13-16H2,2-3H3,(H,29,30). The number of nitrogens with zero attached hydrogens (tertiary/aromatic N) is 3. The Bertz CT molecular complexity index is 1540. The van der Waals surface area contributed by atoms with Crippen LogP contribution in [0, 0.1) is 6.92 Å². The van der Waals surface area contributed by atoms with Crippen LogP contribution in [0.5, 0.6) is 0 Å². The third-order valence-corrected chi connectivity index (χ3v) is 7.92. The topological polar surface area (TPSA) is 81.3 Å². The van der Waals surface area contributed by atoms with Gasteiger partial charge < -0.3 is 14.8 Å². The Morgan fingerprint density at radius 2 is 1.75 bits per heavy atom. The van der Waals surface area contributed by atoms with Gasteiger partial charge in [0.1, 0.15) is 5.65 Å². The molecule has 3 heterocycles. The molecule has 36 heavy (non-hydrogen) atoms. The van der Waals surface area contributed by atoms with E-state index in [1.54, 1.807) is 12.3 Å². The van der Waals surface area contributed by atoms with Crippen LogP contribution in [0.15, 0.2) is 66.7 Å². The van der Waals surface area contributed by atoms with Crippen molar-refractivity contribution in [1.29, 1.82) is 0 Å². The maximum Gasteiger partial charge on any atom is 0.254 e. The second-order valence-corrected chi connectivity index (χ2v) is 11.1. The number of anilines is 2. The zero-order chi connectivity index (χ0) is 25.4. The van der Waals surface area contributed by atoms with Crippen LogP contribution in [0.1, 0.15) is 5.56 Å². The Kier molecular flexibility index (Phi) is 6.51. The van der Waals surface area contributed by atoms with Gasteiger partial charge in [-0.05, 0) is 54.9 Å². The Hall–Kier alpha value is -3.33. The van der Waals surface area contributed by atoms with Crippen LogP contribution in [0.2, 0.25) is 5.02 Å². The molecule has 186 valence electrons. The minimum absolute atomic E-state index is 0.484. The van der Waals surface area contributed by atoms with Crippen molar-refractivity contribution >= 4 is 44.0 Å². The van der Waals surface area contributed by atoms with Crippen LogP contribution in [0.3, 0.4) is 0 Å². The monoisotopic (exact) mass is 521 g/mol. The molecule has 4 aromatic rings. The van der Waals surface area contributed by atoms with Gasteiger partial charge in [0, 0.05) is 54.4 Å². The molecular weight excluding hydrogens is 494 g/mol. The fourth-order valence-corrected chi connectivity index (χ4v) is 5.42. The van der Waals surface area contributed by atoms with Gasteiger partial charge >= 0.3 is 0 Å². The van der Waals surface area contributed by atoms with Crippen LogP contribution in [0.25, 0.3) is 33.4 Å². The lowest BCUT2D eigenvalue weighted by atomic mass is 9.97. The first-order valence-electron chi connectivity index (χ1n) is 11.7. The average molecular weight is 522 g/mol. The quantitative estimate of drug-likeness (QED) is 0.350. The zero-order valence-electron chi connectivity index (χ0n) is 20.3. The molecule has 0 aliphatic carbocycles. The molecule has 0 radical (unpaired) electrons. The number of benzene rings is 2. The number of rotatable bonds is 6. The molecule has 2 aromatic carbocycles. The molecule has 0 unspecified atom stereocenters. The van der Waals surface area contributed by atoms with Crippen LogP contribution in [-0.4, -0.2) is 56.5 Å². The molecule has 0 amide bonds. The van der Waals surface area contributed by atoms with E-state index < -0.39 is 10.0 Å². The lowest BCUT2D eigenvalue weighted by molar-refractivity contribution is 0.313. The number of likely N-dealkylation sites (N-methyl/N-ethyl adjacent to an activating group) is 1. The Balaban J connectivity index is 1.62. The molecule has 2 aromatic heterocycles. The molecule has 0 atom stereocenters. The highest BCUT2D eigenvalue weighted by atomic mass is 35.5. The number of aromatic amines is 1. The lowest BCUT2D eigenvalue weighted by Gasteiger charge is -2.34. The molecule has 9 heteroatoms. The molecule has 1 aliphatic rings. The first-order valence-corrected chi connectivity index (χ1v) is 13.6. The zero-order valence-corrected chi connectivity index (χ0v) is 21.8. The molecule has 5 rings (SSSR count). The van der Waals surface area contributed by atoms with Crippen LogP contribution in [0.4, 0.5) is 11.4 Å². The number of halogens is 1. The third kappa shape index (κ3) is 4.72. The lowest BCUT2D eigenvalue weighted by Crippen LogP contribution is -2.44. The number of piperazine rings is 1. The smallest absolute Gasteiger partial charge is 0.254 e. The summed E-state index contributed by atoms with van der Waals surface area (Å²) in [5.41, 5.74) is 6.70. The van der Waals surface area contributed by atoms with Gasteiger partial charge in [0.25, 0.3) is 10.0 Å². The summed E-state index contributed by atoms with van der Waals surface area (Å²) in [6.45, 7) is 9.34. The normalized spacial score (nSPS) is 14.8. The van der Waals surface area contributed by atoms with Gasteiger partial charge in [0.15, 0.2) is 0 Å². The van der Waals surface area contributed by atoms with Gasteiger partial charge in [-0.15, -0.1) is 0 Å². The molecule has 7 nitrogen and oxygen atoms in total. The van der Waals surface area contributed by atoms with Crippen molar-refractivity contribution < 1.29 is 8.42 Å². The summed E-state index contributed by atoms with van der Waals surface area (Å²) in [5, 5.41) is 2.26. The molecule has 1 saturated heterocycles. The largest absolute Gasteiger partial charge is 0.369 e. The number of pyridine rings is 1. The number of fused-ring (bicyclic) bond motifs is 1. The van der Waals surface area contributed by atoms with E-state index in [-0.39, 0.29) is 0 Å². The summed E-state index contributed by atoms with van der Waals surface area (Å²) in [5.74, 6) is 0. The maximum atomic E-state index is 12.2. The van der Waals surface area contributed by atoms with Gasteiger partial charge in [0.2, 0.25) is 0 Å². The predicted molar refractivity (Wildman–Crippen MR) is 149 cm³/mol. The van der Waals surface area contributed by atoms with E-state index >= 15 is 0 Å². The number of hydrogen-bond acceptors (Lipinski definition) is 5. The van der Waals surface area contributed by atoms with E-state index in [0.717, 1.165) is 64.9 Å². The van der Waals surface area contributed by atoms with Crippen molar-refractivity contribution in [1.82, 2.24) is 14.9 Å². The SMILES string of the molecule is C=CS(=O)(=O)Nc1cc(-c2c(-c3ccc(N4CCN(C)CC4)cc3)[nH]c3nccc(Cl)c23)ccc1C. The molecule has 2 N–H and O–H groups in total.